The molecule has 0 aliphatic heterocycles. The number of hydrogen-bond donors (Lipinski definition) is 1. The fourth-order valence-electron chi connectivity index (χ4n) is 2.03. The van der Waals surface area contributed by atoms with E-state index >= 15 is 0 Å². The van der Waals surface area contributed by atoms with Crippen molar-refractivity contribution in [1.82, 2.24) is 9.97 Å². The number of fused-ring (bicyclic) bond motifs is 1. The highest BCUT2D eigenvalue weighted by Crippen LogP contribution is 2.27. The highest BCUT2D eigenvalue weighted by Gasteiger charge is 2.08. The van der Waals surface area contributed by atoms with E-state index in [0.29, 0.717) is 16.6 Å². The molecule has 20 heavy (non-hydrogen) atoms. The Morgan fingerprint density at radius 2 is 1.95 bits per heavy atom. The Bertz CT molecular complexity index is 745. The molecule has 0 saturated heterocycles. The van der Waals surface area contributed by atoms with Crippen molar-refractivity contribution in [2.45, 2.75) is 6.54 Å². The molecule has 2 heterocycles. The first kappa shape index (κ1) is 13.2. The molecule has 5 heteroatoms. The van der Waals surface area contributed by atoms with Gasteiger partial charge in [-0.3, -0.25) is 4.98 Å². The Morgan fingerprint density at radius 1 is 1.05 bits per heavy atom. The number of aromatic nitrogens is 2. The fourth-order valence-corrected chi connectivity index (χ4v) is 2.41. The predicted molar refractivity (Wildman–Crippen MR) is 83.3 cm³/mol. The first-order valence-corrected chi connectivity index (χ1v) is 6.87. The number of benzene rings is 1. The van der Waals surface area contributed by atoms with Crippen LogP contribution in [-0.4, -0.2) is 9.97 Å². The molecule has 0 aliphatic rings. The molecule has 0 amide bonds. The zero-order valence-corrected chi connectivity index (χ0v) is 12.0. The third-order valence-electron chi connectivity index (χ3n) is 2.98. The number of pyridine rings is 2. The van der Waals surface area contributed by atoms with Gasteiger partial charge in [0.15, 0.2) is 0 Å². The van der Waals surface area contributed by atoms with E-state index in [0.717, 1.165) is 22.3 Å². The van der Waals surface area contributed by atoms with Crippen molar-refractivity contribution < 1.29 is 0 Å². The highest BCUT2D eigenvalue weighted by molar-refractivity contribution is 6.33. The van der Waals surface area contributed by atoms with Crippen molar-refractivity contribution >= 4 is 39.9 Å². The van der Waals surface area contributed by atoms with Gasteiger partial charge in [-0.2, -0.15) is 0 Å². The first-order valence-electron chi connectivity index (χ1n) is 6.11. The number of anilines is 1. The van der Waals surface area contributed by atoms with Crippen LogP contribution in [0.1, 0.15) is 5.56 Å². The van der Waals surface area contributed by atoms with Crippen molar-refractivity contribution in [2.24, 2.45) is 0 Å². The second-order valence-corrected chi connectivity index (χ2v) is 5.16. The lowest BCUT2D eigenvalue weighted by Gasteiger charge is -2.10. The van der Waals surface area contributed by atoms with Gasteiger partial charge in [-0.1, -0.05) is 35.3 Å². The van der Waals surface area contributed by atoms with Gasteiger partial charge in [0, 0.05) is 34.9 Å². The standard InChI is InChI=1S/C15H11Cl2N3/c16-11-7-10-4-5-13(17)12(15(10)20-8-11)9-19-14-3-1-2-6-18-14/h1-8H,9H2,(H,18,19). The topological polar surface area (TPSA) is 37.8 Å². The Kier molecular flexibility index (Phi) is 3.72. The van der Waals surface area contributed by atoms with E-state index in [1.165, 1.54) is 0 Å². The molecule has 3 nitrogen and oxygen atoms in total. The molecule has 0 atom stereocenters. The van der Waals surface area contributed by atoms with E-state index in [2.05, 4.69) is 15.3 Å². The average Bonchev–Trinajstić information content (AvgIpc) is 2.47. The van der Waals surface area contributed by atoms with E-state index < -0.39 is 0 Å². The van der Waals surface area contributed by atoms with E-state index in [9.17, 15) is 0 Å². The van der Waals surface area contributed by atoms with Gasteiger partial charge in [-0.05, 0) is 24.3 Å². The van der Waals surface area contributed by atoms with Gasteiger partial charge in [0.25, 0.3) is 0 Å². The van der Waals surface area contributed by atoms with Gasteiger partial charge in [0.05, 0.1) is 10.5 Å². The molecule has 0 aliphatic carbocycles. The molecule has 0 saturated carbocycles. The summed E-state index contributed by atoms with van der Waals surface area (Å²) in [5.74, 6) is 0.800. The monoisotopic (exact) mass is 303 g/mol. The molecular formula is C15H11Cl2N3. The summed E-state index contributed by atoms with van der Waals surface area (Å²) in [6.45, 7) is 0.557. The molecule has 0 spiro atoms. The minimum Gasteiger partial charge on any atom is -0.366 e. The summed E-state index contributed by atoms with van der Waals surface area (Å²) in [4.78, 5) is 8.60. The van der Waals surface area contributed by atoms with Crippen LogP contribution in [0, 0.1) is 0 Å². The predicted octanol–water partition coefficient (Wildman–Crippen LogP) is 4.55. The molecule has 3 aromatic rings. The van der Waals surface area contributed by atoms with Crippen molar-refractivity contribution in [3.05, 3.63) is 64.4 Å². The summed E-state index contributed by atoms with van der Waals surface area (Å²) < 4.78 is 0. The smallest absolute Gasteiger partial charge is 0.126 e. The molecule has 0 bridgehead atoms. The summed E-state index contributed by atoms with van der Waals surface area (Å²) in [5, 5.41) is 5.50. The number of rotatable bonds is 3. The third kappa shape index (κ3) is 2.69. The van der Waals surface area contributed by atoms with E-state index in [1.54, 1.807) is 12.4 Å². The van der Waals surface area contributed by atoms with Gasteiger partial charge in [0.1, 0.15) is 5.82 Å². The first-order chi connectivity index (χ1) is 9.74. The fraction of sp³-hybridized carbons (Fsp3) is 0.0667. The van der Waals surface area contributed by atoms with Gasteiger partial charge >= 0.3 is 0 Å². The summed E-state index contributed by atoms with van der Waals surface area (Å²) >= 11 is 12.2. The van der Waals surface area contributed by atoms with E-state index in [-0.39, 0.29) is 0 Å². The summed E-state index contributed by atoms with van der Waals surface area (Å²) in [7, 11) is 0. The Hall–Kier alpha value is -1.84. The van der Waals surface area contributed by atoms with Gasteiger partial charge in [0.2, 0.25) is 0 Å². The van der Waals surface area contributed by atoms with Crippen LogP contribution in [0.25, 0.3) is 10.9 Å². The largest absolute Gasteiger partial charge is 0.366 e. The van der Waals surface area contributed by atoms with Gasteiger partial charge < -0.3 is 5.32 Å². The highest BCUT2D eigenvalue weighted by atomic mass is 35.5. The van der Waals surface area contributed by atoms with E-state index in [4.69, 9.17) is 23.2 Å². The molecule has 100 valence electrons. The summed E-state index contributed by atoms with van der Waals surface area (Å²) in [6.07, 6.45) is 3.37. The molecule has 3 rings (SSSR count). The van der Waals surface area contributed by atoms with Crippen LogP contribution in [0.2, 0.25) is 10.0 Å². The van der Waals surface area contributed by atoms with Crippen LogP contribution in [0.4, 0.5) is 5.82 Å². The molecule has 0 radical (unpaired) electrons. The maximum atomic E-state index is 6.28. The molecule has 2 aromatic heterocycles. The maximum absolute atomic E-state index is 6.28. The lowest BCUT2D eigenvalue weighted by Crippen LogP contribution is -2.03. The second-order valence-electron chi connectivity index (χ2n) is 4.32. The number of halogens is 2. The number of nitrogens with zero attached hydrogens (tertiary/aromatic N) is 2. The Morgan fingerprint density at radius 3 is 2.75 bits per heavy atom. The maximum Gasteiger partial charge on any atom is 0.126 e. The second kappa shape index (κ2) is 5.65. The quantitative estimate of drug-likeness (QED) is 0.771. The number of nitrogens with one attached hydrogen (secondary N) is 1. The van der Waals surface area contributed by atoms with Crippen molar-refractivity contribution in [1.29, 1.82) is 0 Å². The average molecular weight is 304 g/mol. The molecule has 1 N–H and O–H groups in total. The minimum absolute atomic E-state index is 0.557. The number of hydrogen-bond acceptors (Lipinski definition) is 3. The van der Waals surface area contributed by atoms with Crippen molar-refractivity contribution in [2.75, 3.05) is 5.32 Å². The van der Waals surface area contributed by atoms with Crippen LogP contribution in [0.15, 0.2) is 48.8 Å². The molecular weight excluding hydrogens is 293 g/mol. The normalized spacial score (nSPS) is 10.7. The third-order valence-corrected chi connectivity index (χ3v) is 3.54. The molecule has 1 aromatic carbocycles. The van der Waals surface area contributed by atoms with Crippen molar-refractivity contribution in [3.8, 4) is 0 Å². The van der Waals surface area contributed by atoms with Gasteiger partial charge in [-0.15, -0.1) is 0 Å². The van der Waals surface area contributed by atoms with Crippen LogP contribution >= 0.6 is 23.2 Å². The van der Waals surface area contributed by atoms with Crippen molar-refractivity contribution in [3.63, 3.8) is 0 Å². The lowest BCUT2D eigenvalue weighted by atomic mass is 10.1. The van der Waals surface area contributed by atoms with Crippen LogP contribution < -0.4 is 5.32 Å². The summed E-state index contributed by atoms with van der Waals surface area (Å²) in [6, 6.07) is 11.4. The zero-order chi connectivity index (χ0) is 13.9. The van der Waals surface area contributed by atoms with Gasteiger partial charge in [-0.25, -0.2) is 4.98 Å². The van der Waals surface area contributed by atoms with Crippen LogP contribution in [0.3, 0.4) is 0 Å². The summed E-state index contributed by atoms with van der Waals surface area (Å²) in [5.41, 5.74) is 1.79. The van der Waals surface area contributed by atoms with Crippen LogP contribution in [-0.2, 0) is 6.54 Å². The zero-order valence-electron chi connectivity index (χ0n) is 10.5. The Balaban J connectivity index is 1.96. The molecule has 0 unspecified atom stereocenters. The molecule has 0 fully saturated rings. The minimum atomic E-state index is 0.557. The SMILES string of the molecule is Clc1cnc2c(CNc3ccccn3)c(Cl)ccc2c1. The Labute approximate surface area is 126 Å². The lowest BCUT2D eigenvalue weighted by molar-refractivity contribution is 1.12. The van der Waals surface area contributed by atoms with E-state index in [1.807, 2.05) is 36.4 Å². The van der Waals surface area contributed by atoms with Crippen LogP contribution in [0.5, 0.6) is 0 Å².